The highest BCUT2D eigenvalue weighted by Crippen LogP contribution is 2.35. The van der Waals surface area contributed by atoms with Gasteiger partial charge >= 0.3 is 0 Å². The quantitative estimate of drug-likeness (QED) is 0.487. The first-order valence-corrected chi connectivity index (χ1v) is 11.4. The Kier molecular flexibility index (Phi) is 5.21. The minimum absolute atomic E-state index is 0.197. The molecule has 174 valence electrons. The Bertz CT molecular complexity index is 1390. The first-order valence-electron chi connectivity index (χ1n) is 11.4. The number of benzene rings is 2. The zero-order valence-corrected chi connectivity index (χ0v) is 18.4. The van der Waals surface area contributed by atoms with E-state index in [2.05, 4.69) is 25.4 Å². The summed E-state index contributed by atoms with van der Waals surface area (Å²) in [6, 6.07) is 11.4. The fourth-order valence-electron chi connectivity index (χ4n) is 4.74. The molecule has 0 amide bonds. The molecule has 2 aliphatic heterocycles. The Balaban J connectivity index is 1.45. The van der Waals surface area contributed by atoms with Crippen molar-refractivity contribution in [3.8, 4) is 11.5 Å². The number of pyridine rings is 1. The van der Waals surface area contributed by atoms with E-state index < -0.39 is 6.04 Å². The van der Waals surface area contributed by atoms with Crippen molar-refractivity contribution in [2.45, 2.75) is 25.4 Å². The molecule has 0 aliphatic carbocycles. The van der Waals surface area contributed by atoms with Crippen LogP contribution in [-0.4, -0.2) is 56.4 Å². The summed E-state index contributed by atoms with van der Waals surface area (Å²) in [5.74, 6) is 1.57. The Hall–Kier alpha value is -3.79. The Morgan fingerprint density at radius 2 is 1.76 bits per heavy atom. The highest BCUT2D eigenvalue weighted by Gasteiger charge is 2.32. The standard InChI is InChI=1S/C24H23FN6O3/c25-17-5-3-15(4-6-17)14-31-23(27-28-29-31)22(30-7-1-2-8-30)18-11-16-12-20-21(34-10-9-33-20)13-19(16)26-24(18)32/h3-6,11-13,22H,1-2,7-10,14H2,(H,26,32)/t22-/m1/s1. The summed E-state index contributed by atoms with van der Waals surface area (Å²) in [6.45, 7) is 3.02. The van der Waals surface area contributed by atoms with Crippen molar-refractivity contribution in [1.82, 2.24) is 30.1 Å². The summed E-state index contributed by atoms with van der Waals surface area (Å²) in [4.78, 5) is 18.6. The van der Waals surface area contributed by atoms with Gasteiger partial charge in [0.2, 0.25) is 0 Å². The van der Waals surface area contributed by atoms with Crippen LogP contribution in [-0.2, 0) is 6.54 Å². The second kappa shape index (κ2) is 8.53. The Morgan fingerprint density at radius 3 is 2.53 bits per heavy atom. The molecule has 10 heteroatoms. The number of rotatable bonds is 5. The largest absolute Gasteiger partial charge is 0.486 e. The minimum atomic E-state index is -0.417. The monoisotopic (exact) mass is 462 g/mol. The summed E-state index contributed by atoms with van der Waals surface area (Å²) >= 11 is 0. The van der Waals surface area contributed by atoms with Crippen LogP contribution in [0.1, 0.15) is 35.8 Å². The molecule has 2 aliphatic rings. The molecule has 0 bridgehead atoms. The van der Waals surface area contributed by atoms with Crippen LogP contribution in [0.15, 0.2) is 47.3 Å². The van der Waals surface area contributed by atoms with Gasteiger partial charge < -0.3 is 14.5 Å². The highest BCUT2D eigenvalue weighted by molar-refractivity contribution is 5.83. The van der Waals surface area contributed by atoms with E-state index in [0.717, 1.165) is 36.9 Å². The summed E-state index contributed by atoms with van der Waals surface area (Å²) < 4.78 is 26.4. The van der Waals surface area contributed by atoms with Crippen LogP contribution in [0.25, 0.3) is 10.9 Å². The van der Waals surface area contributed by atoms with Crippen molar-refractivity contribution >= 4 is 10.9 Å². The summed E-state index contributed by atoms with van der Waals surface area (Å²) in [5, 5.41) is 13.3. The van der Waals surface area contributed by atoms with Crippen LogP contribution in [0, 0.1) is 5.82 Å². The van der Waals surface area contributed by atoms with Gasteiger partial charge in [-0.25, -0.2) is 9.07 Å². The van der Waals surface area contributed by atoms with Crippen LogP contribution in [0.2, 0.25) is 0 Å². The number of fused-ring (bicyclic) bond motifs is 2. The molecule has 34 heavy (non-hydrogen) atoms. The predicted octanol–water partition coefficient (Wildman–Crippen LogP) is 2.66. The van der Waals surface area contributed by atoms with Gasteiger partial charge in [-0.1, -0.05) is 12.1 Å². The van der Waals surface area contributed by atoms with Gasteiger partial charge in [-0.15, -0.1) is 5.10 Å². The number of likely N-dealkylation sites (tertiary alicyclic amines) is 1. The molecule has 4 aromatic rings. The maximum atomic E-state index is 13.4. The number of hydrogen-bond acceptors (Lipinski definition) is 7. The van der Waals surface area contributed by atoms with Crippen LogP contribution in [0.5, 0.6) is 11.5 Å². The normalized spacial score (nSPS) is 16.7. The molecule has 4 heterocycles. The Labute approximate surface area is 194 Å². The molecule has 1 saturated heterocycles. The summed E-state index contributed by atoms with van der Waals surface area (Å²) in [6.07, 6.45) is 2.08. The van der Waals surface area contributed by atoms with Crippen molar-refractivity contribution in [3.05, 3.63) is 75.6 Å². The SMILES string of the molecule is O=c1[nH]c2cc3c(cc2cc1[C@H](c1nnnn1Cc1ccc(F)cc1)N1CCCC1)OCCO3. The van der Waals surface area contributed by atoms with Gasteiger partial charge in [0.1, 0.15) is 25.1 Å². The average molecular weight is 462 g/mol. The molecule has 0 saturated carbocycles. The third-order valence-corrected chi connectivity index (χ3v) is 6.39. The number of tetrazole rings is 1. The minimum Gasteiger partial charge on any atom is -0.486 e. The molecule has 0 radical (unpaired) electrons. The summed E-state index contributed by atoms with van der Waals surface area (Å²) in [5.41, 5.74) is 1.93. The predicted molar refractivity (Wildman–Crippen MR) is 122 cm³/mol. The third kappa shape index (κ3) is 3.79. The van der Waals surface area contributed by atoms with E-state index in [1.165, 1.54) is 12.1 Å². The van der Waals surface area contributed by atoms with Crippen molar-refractivity contribution in [1.29, 1.82) is 0 Å². The maximum absolute atomic E-state index is 13.4. The lowest BCUT2D eigenvalue weighted by Crippen LogP contribution is -2.33. The zero-order valence-electron chi connectivity index (χ0n) is 18.4. The third-order valence-electron chi connectivity index (χ3n) is 6.39. The molecule has 9 nitrogen and oxygen atoms in total. The number of H-pyrrole nitrogens is 1. The van der Waals surface area contributed by atoms with Crippen molar-refractivity contribution in [3.63, 3.8) is 0 Å². The first kappa shape index (κ1) is 20.8. The number of ether oxygens (including phenoxy) is 2. The number of hydrogen-bond donors (Lipinski definition) is 1. The molecular formula is C24H23FN6O3. The van der Waals surface area contributed by atoms with Crippen molar-refractivity contribution < 1.29 is 13.9 Å². The van der Waals surface area contributed by atoms with E-state index >= 15 is 0 Å². The topological polar surface area (TPSA) is 98.2 Å². The lowest BCUT2D eigenvalue weighted by molar-refractivity contribution is 0.172. The van der Waals surface area contributed by atoms with Crippen molar-refractivity contribution in [2.75, 3.05) is 26.3 Å². The molecule has 0 spiro atoms. The van der Waals surface area contributed by atoms with Gasteiger partial charge in [-0.3, -0.25) is 9.69 Å². The lowest BCUT2D eigenvalue weighted by Gasteiger charge is -2.26. The molecule has 2 aromatic heterocycles. The molecule has 1 fully saturated rings. The smallest absolute Gasteiger partial charge is 0.253 e. The zero-order chi connectivity index (χ0) is 23.1. The molecule has 1 atom stereocenters. The first-order chi connectivity index (χ1) is 16.7. The van der Waals surface area contributed by atoms with Crippen molar-refractivity contribution in [2.24, 2.45) is 0 Å². The molecule has 2 aromatic carbocycles. The van der Waals surface area contributed by atoms with Gasteiger partial charge in [0.15, 0.2) is 17.3 Å². The number of nitrogens with zero attached hydrogens (tertiary/aromatic N) is 5. The van der Waals surface area contributed by atoms with Gasteiger partial charge in [0.25, 0.3) is 5.56 Å². The van der Waals surface area contributed by atoms with Gasteiger partial charge in [-0.2, -0.15) is 0 Å². The molecular weight excluding hydrogens is 439 g/mol. The van der Waals surface area contributed by atoms with Crippen LogP contribution < -0.4 is 15.0 Å². The van der Waals surface area contributed by atoms with Crippen LogP contribution in [0.4, 0.5) is 4.39 Å². The highest BCUT2D eigenvalue weighted by atomic mass is 19.1. The van der Waals surface area contributed by atoms with E-state index in [-0.39, 0.29) is 11.4 Å². The lowest BCUT2D eigenvalue weighted by atomic mass is 10.0. The second-order valence-corrected chi connectivity index (χ2v) is 8.60. The van der Waals surface area contributed by atoms with Gasteiger partial charge in [0, 0.05) is 17.0 Å². The average Bonchev–Trinajstić information content (AvgIpc) is 3.53. The fourth-order valence-corrected chi connectivity index (χ4v) is 4.74. The van der Waals surface area contributed by atoms with E-state index in [9.17, 15) is 9.18 Å². The molecule has 6 rings (SSSR count). The molecule has 1 N–H and O–H groups in total. The van der Waals surface area contributed by atoms with E-state index in [1.54, 1.807) is 22.9 Å². The fraction of sp³-hybridized carbons (Fsp3) is 0.333. The number of halogens is 1. The number of aromatic amines is 1. The van der Waals surface area contributed by atoms with E-state index in [4.69, 9.17) is 9.47 Å². The van der Waals surface area contributed by atoms with Gasteiger partial charge in [0.05, 0.1) is 12.1 Å². The maximum Gasteiger partial charge on any atom is 0.253 e. The summed E-state index contributed by atoms with van der Waals surface area (Å²) in [7, 11) is 0. The van der Waals surface area contributed by atoms with E-state index in [0.29, 0.717) is 48.2 Å². The molecule has 0 unspecified atom stereocenters. The van der Waals surface area contributed by atoms with Crippen LogP contribution in [0.3, 0.4) is 0 Å². The van der Waals surface area contributed by atoms with Gasteiger partial charge in [-0.05, 0) is 66.2 Å². The number of nitrogens with one attached hydrogen (secondary N) is 1. The van der Waals surface area contributed by atoms with E-state index in [1.807, 2.05) is 12.1 Å². The Morgan fingerprint density at radius 1 is 1.03 bits per heavy atom. The second-order valence-electron chi connectivity index (χ2n) is 8.60. The number of aromatic nitrogens is 5. The van der Waals surface area contributed by atoms with Crippen LogP contribution >= 0.6 is 0 Å².